The van der Waals surface area contributed by atoms with Crippen molar-refractivity contribution in [2.75, 3.05) is 0 Å². The number of rotatable bonds is 2. The number of halogens is 1. The van der Waals surface area contributed by atoms with Gasteiger partial charge in [0.1, 0.15) is 0 Å². The number of benzene rings is 3. The first-order valence-corrected chi connectivity index (χ1v) is 7.21. The summed E-state index contributed by atoms with van der Waals surface area (Å²) in [6.45, 7) is 0. The molecule has 0 aromatic heterocycles. The van der Waals surface area contributed by atoms with Crippen LogP contribution >= 0.6 is 11.6 Å². The Morgan fingerprint density at radius 3 is 1.10 bits per heavy atom. The van der Waals surface area contributed by atoms with Crippen molar-refractivity contribution >= 4 is 23.8 Å². The Balaban J connectivity index is 0.000000194. The molecule has 3 rings (SSSR count). The van der Waals surface area contributed by atoms with Crippen LogP contribution in [-0.2, 0) is 0 Å². The third-order valence-electron chi connectivity index (χ3n) is 2.80. The molecular weight excluding hydrogens is 276 g/mol. The van der Waals surface area contributed by atoms with Crippen LogP contribution in [-0.4, -0.2) is 0 Å². The van der Waals surface area contributed by atoms with Crippen LogP contribution in [0.5, 0.6) is 0 Å². The fourth-order valence-corrected chi connectivity index (χ4v) is 1.88. The first-order valence-electron chi connectivity index (χ1n) is 6.83. The van der Waals surface area contributed by atoms with E-state index in [0.717, 1.165) is 5.02 Å². The minimum absolute atomic E-state index is 0.794. The zero-order chi connectivity index (χ0) is 14.8. The molecule has 0 aliphatic rings. The average molecular weight is 293 g/mol. The van der Waals surface area contributed by atoms with Gasteiger partial charge in [-0.1, -0.05) is 103 Å². The molecular formula is C20H17Cl. The Kier molecular flexibility index (Phi) is 6.31. The van der Waals surface area contributed by atoms with Crippen LogP contribution in [0.4, 0.5) is 0 Å². The van der Waals surface area contributed by atoms with Crippen molar-refractivity contribution in [1.29, 1.82) is 0 Å². The molecule has 0 amide bonds. The molecule has 0 saturated carbocycles. The van der Waals surface area contributed by atoms with E-state index in [1.165, 1.54) is 11.1 Å². The zero-order valence-corrected chi connectivity index (χ0v) is 12.4. The summed E-state index contributed by atoms with van der Waals surface area (Å²) in [5.41, 5.74) is 2.47. The molecule has 0 saturated heterocycles. The average Bonchev–Trinajstić information content (AvgIpc) is 2.56. The van der Waals surface area contributed by atoms with Gasteiger partial charge in [-0.15, -0.1) is 0 Å². The van der Waals surface area contributed by atoms with E-state index in [-0.39, 0.29) is 0 Å². The minimum atomic E-state index is 0.794. The van der Waals surface area contributed by atoms with Gasteiger partial charge in [0, 0.05) is 5.02 Å². The first kappa shape index (κ1) is 15.1. The quantitative estimate of drug-likeness (QED) is 0.493. The molecule has 0 aliphatic heterocycles. The third-order valence-corrected chi connectivity index (χ3v) is 3.05. The van der Waals surface area contributed by atoms with Crippen molar-refractivity contribution in [3.8, 4) is 0 Å². The van der Waals surface area contributed by atoms with Crippen molar-refractivity contribution in [1.82, 2.24) is 0 Å². The molecule has 0 atom stereocenters. The Labute approximate surface area is 131 Å². The first-order chi connectivity index (χ1) is 10.3. The molecule has 0 nitrogen and oxygen atoms in total. The fourth-order valence-electron chi connectivity index (χ4n) is 1.74. The summed E-state index contributed by atoms with van der Waals surface area (Å²) >= 11 is 5.54. The molecule has 104 valence electrons. The van der Waals surface area contributed by atoms with Crippen LogP contribution in [0, 0.1) is 0 Å². The van der Waals surface area contributed by atoms with Gasteiger partial charge in [0.05, 0.1) is 0 Å². The molecule has 0 aliphatic carbocycles. The molecule has 0 heterocycles. The maximum absolute atomic E-state index is 5.54. The molecule has 1 heteroatoms. The Morgan fingerprint density at radius 1 is 0.476 bits per heavy atom. The lowest BCUT2D eigenvalue weighted by Crippen LogP contribution is -1.70. The summed E-state index contributed by atoms with van der Waals surface area (Å²) < 4.78 is 0. The van der Waals surface area contributed by atoms with Gasteiger partial charge in [-0.25, -0.2) is 0 Å². The predicted octanol–water partition coefficient (Wildman–Crippen LogP) is 6.20. The van der Waals surface area contributed by atoms with Crippen LogP contribution in [0.25, 0.3) is 12.2 Å². The van der Waals surface area contributed by atoms with E-state index in [1.54, 1.807) is 0 Å². The van der Waals surface area contributed by atoms with Crippen molar-refractivity contribution in [2.45, 2.75) is 0 Å². The Morgan fingerprint density at radius 2 is 0.810 bits per heavy atom. The van der Waals surface area contributed by atoms with Gasteiger partial charge >= 0.3 is 0 Å². The van der Waals surface area contributed by atoms with Gasteiger partial charge in [0.15, 0.2) is 0 Å². The highest BCUT2D eigenvalue weighted by Crippen LogP contribution is 2.07. The second kappa shape index (κ2) is 8.78. The lowest BCUT2D eigenvalue weighted by Gasteiger charge is -1.92. The smallest absolute Gasteiger partial charge is 0.0405 e. The maximum Gasteiger partial charge on any atom is 0.0405 e. The second-order valence-corrected chi connectivity index (χ2v) is 4.89. The summed E-state index contributed by atoms with van der Waals surface area (Å²) in [4.78, 5) is 0. The molecule has 0 spiro atoms. The van der Waals surface area contributed by atoms with Crippen molar-refractivity contribution in [3.05, 3.63) is 107 Å². The van der Waals surface area contributed by atoms with E-state index in [2.05, 4.69) is 36.4 Å². The molecule has 0 N–H and O–H groups in total. The van der Waals surface area contributed by atoms with Gasteiger partial charge in [-0.3, -0.25) is 0 Å². The molecule has 21 heavy (non-hydrogen) atoms. The van der Waals surface area contributed by atoms with Crippen LogP contribution in [0.15, 0.2) is 91.0 Å². The van der Waals surface area contributed by atoms with E-state index in [1.807, 2.05) is 66.7 Å². The monoisotopic (exact) mass is 292 g/mol. The van der Waals surface area contributed by atoms with Crippen molar-refractivity contribution < 1.29 is 0 Å². The fraction of sp³-hybridized carbons (Fsp3) is 0. The highest BCUT2D eigenvalue weighted by atomic mass is 35.5. The van der Waals surface area contributed by atoms with Gasteiger partial charge in [-0.05, 0) is 23.3 Å². The molecule has 0 unspecified atom stereocenters. The van der Waals surface area contributed by atoms with Crippen LogP contribution in [0.1, 0.15) is 11.1 Å². The van der Waals surface area contributed by atoms with Crippen LogP contribution in [0.2, 0.25) is 5.02 Å². The van der Waals surface area contributed by atoms with Crippen molar-refractivity contribution in [2.24, 2.45) is 0 Å². The highest BCUT2D eigenvalue weighted by Gasteiger charge is 1.84. The van der Waals surface area contributed by atoms with E-state index in [4.69, 9.17) is 11.6 Å². The Hall–Kier alpha value is -2.31. The summed E-state index contributed by atoms with van der Waals surface area (Å²) in [5, 5.41) is 0.794. The third kappa shape index (κ3) is 6.11. The molecule has 3 aromatic carbocycles. The van der Waals surface area contributed by atoms with Gasteiger partial charge in [0.25, 0.3) is 0 Å². The molecule has 0 fully saturated rings. The van der Waals surface area contributed by atoms with Crippen molar-refractivity contribution in [3.63, 3.8) is 0 Å². The normalized spacial score (nSPS) is 9.95. The van der Waals surface area contributed by atoms with E-state index in [0.29, 0.717) is 0 Å². The Bertz CT molecular complexity index is 602. The van der Waals surface area contributed by atoms with Gasteiger partial charge in [0.2, 0.25) is 0 Å². The maximum atomic E-state index is 5.54. The highest BCUT2D eigenvalue weighted by molar-refractivity contribution is 6.30. The lowest BCUT2D eigenvalue weighted by molar-refractivity contribution is 1.65. The van der Waals surface area contributed by atoms with Gasteiger partial charge < -0.3 is 0 Å². The minimum Gasteiger partial charge on any atom is -0.0843 e. The molecule has 0 bridgehead atoms. The zero-order valence-electron chi connectivity index (χ0n) is 11.7. The van der Waals surface area contributed by atoms with E-state index >= 15 is 0 Å². The number of hydrogen-bond acceptors (Lipinski definition) is 0. The summed E-state index contributed by atoms with van der Waals surface area (Å²) in [7, 11) is 0. The topological polar surface area (TPSA) is 0 Å². The summed E-state index contributed by atoms with van der Waals surface area (Å²) in [5.74, 6) is 0. The SMILES string of the molecule is C(=Cc1ccccc1)c1ccccc1.Clc1ccccc1. The predicted molar refractivity (Wildman–Crippen MR) is 93.3 cm³/mol. The second-order valence-electron chi connectivity index (χ2n) is 4.45. The molecule has 3 aromatic rings. The summed E-state index contributed by atoms with van der Waals surface area (Å²) in [6, 6.07) is 30.1. The largest absolute Gasteiger partial charge is 0.0843 e. The van der Waals surface area contributed by atoms with Crippen LogP contribution < -0.4 is 0 Å². The summed E-state index contributed by atoms with van der Waals surface area (Å²) in [6.07, 6.45) is 4.24. The lowest BCUT2D eigenvalue weighted by atomic mass is 10.1. The van der Waals surface area contributed by atoms with Crippen LogP contribution in [0.3, 0.4) is 0 Å². The number of hydrogen-bond donors (Lipinski definition) is 0. The standard InChI is InChI=1S/C14H12.C6H5Cl/c1-3-7-13(8-4-1)11-12-14-9-5-2-6-10-14;7-6-4-2-1-3-5-6/h1-12H;1-5H. The van der Waals surface area contributed by atoms with E-state index in [9.17, 15) is 0 Å². The van der Waals surface area contributed by atoms with Gasteiger partial charge in [-0.2, -0.15) is 0 Å². The molecule has 0 radical (unpaired) electrons. The van der Waals surface area contributed by atoms with E-state index < -0.39 is 0 Å².